The van der Waals surface area contributed by atoms with Crippen LogP contribution in [0.25, 0.3) is 0 Å². The molecule has 0 bridgehead atoms. The summed E-state index contributed by atoms with van der Waals surface area (Å²) in [6.07, 6.45) is 6.19. The van der Waals surface area contributed by atoms with Crippen LogP contribution in [0.15, 0.2) is 47.2 Å². The molecule has 0 spiro atoms. The number of nitrogens with one attached hydrogen (secondary N) is 1. The second-order valence-electron chi connectivity index (χ2n) is 5.06. The van der Waals surface area contributed by atoms with E-state index in [0.717, 1.165) is 22.3 Å². The van der Waals surface area contributed by atoms with Crippen molar-refractivity contribution in [3.63, 3.8) is 0 Å². The summed E-state index contributed by atoms with van der Waals surface area (Å²) >= 11 is 3.47. The maximum atomic E-state index is 5.91. The van der Waals surface area contributed by atoms with Crippen LogP contribution in [0.3, 0.4) is 0 Å². The zero-order chi connectivity index (χ0) is 13.8. The Morgan fingerprint density at radius 2 is 2.20 bits per heavy atom. The Kier molecular flexibility index (Phi) is 4.33. The Hall–Kier alpha value is -1.39. The van der Waals surface area contributed by atoms with Crippen molar-refractivity contribution in [2.45, 2.75) is 32.0 Å². The fourth-order valence-corrected chi connectivity index (χ4v) is 2.46. The quantitative estimate of drug-likeness (QED) is 0.876. The molecule has 0 amide bonds. The maximum absolute atomic E-state index is 5.91. The summed E-state index contributed by atoms with van der Waals surface area (Å²) in [5.41, 5.74) is 2.31. The average molecular weight is 333 g/mol. The van der Waals surface area contributed by atoms with Crippen molar-refractivity contribution in [2.24, 2.45) is 0 Å². The second kappa shape index (κ2) is 6.37. The van der Waals surface area contributed by atoms with Crippen molar-refractivity contribution < 1.29 is 4.74 Å². The molecular formula is C16H17BrN2O. The van der Waals surface area contributed by atoms with Crippen molar-refractivity contribution in [2.75, 3.05) is 0 Å². The van der Waals surface area contributed by atoms with Gasteiger partial charge in [0, 0.05) is 28.8 Å². The van der Waals surface area contributed by atoms with Crippen molar-refractivity contribution in [3.8, 4) is 5.75 Å². The van der Waals surface area contributed by atoms with E-state index in [1.165, 1.54) is 18.4 Å². The van der Waals surface area contributed by atoms with Gasteiger partial charge in [0.25, 0.3) is 0 Å². The number of benzene rings is 1. The van der Waals surface area contributed by atoms with Gasteiger partial charge in [-0.25, -0.2) is 0 Å². The summed E-state index contributed by atoms with van der Waals surface area (Å²) in [5, 5.41) is 3.51. The third-order valence-corrected chi connectivity index (χ3v) is 3.81. The van der Waals surface area contributed by atoms with Crippen molar-refractivity contribution in [1.29, 1.82) is 0 Å². The van der Waals surface area contributed by atoms with Gasteiger partial charge in [0.1, 0.15) is 12.4 Å². The zero-order valence-electron chi connectivity index (χ0n) is 11.2. The molecule has 1 saturated carbocycles. The molecule has 3 rings (SSSR count). The van der Waals surface area contributed by atoms with Crippen LogP contribution in [0.2, 0.25) is 0 Å². The fraction of sp³-hybridized carbons (Fsp3) is 0.312. The van der Waals surface area contributed by atoms with Crippen LogP contribution in [0.5, 0.6) is 5.75 Å². The van der Waals surface area contributed by atoms with Gasteiger partial charge in [0.05, 0.1) is 6.20 Å². The molecule has 1 fully saturated rings. The lowest BCUT2D eigenvalue weighted by Crippen LogP contribution is -2.16. The lowest BCUT2D eigenvalue weighted by molar-refractivity contribution is 0.300. The van der Waals surface area contributed by atoms with Crippen molar-refractivity contribution >= 4 is 15.9 Å². The Balaban J connectivity index is 1.63. The summed E-state index contributed by atoms with van der Waals surface area (Å²) < 4.78 is 6.98. The normalized spacial score (nSPS) is 14.2. The number of halogens is 1. The maximum Gasteiger partial charge on any atom is 0.142 e. The highest BCUT2D eigenvalue weighted by atomic mass is 79.9. The first-order chi connectivity index (χ1) is 9.81. The van der Waals surface area contributed by atoms with Crippen LogP contribution >= 0.6 is 15.9 Å². The molecule has 1 aliphatic carbocycles. The highest BCUT2D eigenvalue weighted by molar-refractivity contribution is 9.10. The molecule has 0 saturated heterocycles. The van der Waals surface area contributed by atoms with E-state index in [4.69, 9.17) is 4.74 Å². The van der Waals surface area contributed by atoms with E-state index in [0.29, 0.717) is 12.6 Å². The summed E-state index contributed by atoms with van der Waals surface area (Å²) in [5.74, 6) is 0.862. The molecule has 0 unspecified atom stereocenters. The molecule has 3 nitrogen and oxygen atoms in total. The minimum atomic E-state index is 0.557. The number of rotatable bonds is 6. The van der Waals surface area contributed by atoms with Crippen LogP contribution in [-0.4, -0.2) is 11.0 Å². The van der Waals surface area contributed by atoms with E-state index in [1.54, 1.807) is 6.20 Å². The summed E-state index contributed by atoms with van der Waals surface area (Å²) in [4.78, 5) is 4.16. The van der Waals surface area contributed by atoms with Crippen LogP contribution in [0.4, 0.5) is 0 Å². The zero-order valence-corrected chi connectivity index (χ0v) is 12.8. The lowest BCUT2D eigenvalue weighted by atomic mass is 10.2. The van der Waals surface area contributed by atoms with Gasteiger partial charge >= 0.3 is 0 Å². The second-order valence-corrected chi connectivity index (χ2v) is 5.97. The third kappa shape index (κ3) is 3.81. The molecule has 1 aromatic heterocycles. The Morgan fingerprint density at radius 3 is 3.00 bits per heavy atom. The number of aromatic nitrogens is 1. The van der Waals surface area contributed by atoms with Gasteiger partial charge in [0.2, 0.25) is 0 Å². The molecule has 0 atom stereocenters. The largest absolute Gasteiger partial charge is 0.487 e. The van der Waals surface area contributed by atoms with Gasteiger partial charge in [-0.3, -0.25) is 4.98 Å². The number of ether oxygens (including phenoxy) is 1. The minimum absolute atomic E-state index is 0.557. The molecule has 1 heterocycles. The molecule has 1 aliphatic rings. The summed E-state index contributed by atoms with van der Waals surface area (Å²) in [7, 11) is 0. The first-order valence-electron chi connectivity index (χ1n) is 6.85. The molecule has 20 heavy (non-hydrogen) atoms. The molecular weight excluding hydrogens is 316 g/mol. The molecule has 1 N–H and O–H groups in total. The van der Waals surface area contributed by atoms with Crippen LogP contribution in [0, 0.1) is 0 Å². The van der Waals surface area contributed by atoms with Crippen LogP contribution in [0.1, 0.15) is 24.0 Å². The molecule has 2 aromatic rings. The van der Waals surface area contributed by atoms with Crippen LogP contribution in [-0.2, 0) is 13.2 Å². The van der Waals surface area contributed by atoms with Gasteiger partial charge in [-0.2, -0.15) is 0 Å². The predicted octanol–water partition coefficient (Wildman–Crippen LogP) is 3.68. The van der Waals surface area contributed by atoms with E-state index >= 15 is 0 Å². The summed E-state index contributed by atoms with van der Waals surface area (Å²) in [6.45, 7) is 1.41. The van der Waals surface area contributed by atoms with Crippen molar-refractivity contribution in [3.05, 3.63) is 58.3 Å². The van der Waals surface area contributed by atoms with E-state index in [1.807, 2.05) is 24.4 Å². The number of pyridine rings is 1. The van der Waals surface area contributed by atoms with E-state index < -0.39 is 0 Å². The van der Waals surface area contributed by atoms with E-state index in [-0.39, 0.29) is 0 Å². The van der Waals surface area contributed by atoms with Gasteiger partial charge in [-0.15, -0.1) is 0 Å². The van der Waals surface area contributed by atoms with E-state index in [9.17, 15) is 0 Å². The predicted molar refractivity (Wildman–Crippen MR) is 82.6 cm³/mol. The summed E-state index contributed by atoms with van der Waals surface area (Å²) in [6, 6.07) is 10.9. The average Bonchev–Trinajstić information content (AvgIpc) is 3.28. The minimum Gasteiger partial charge on any atom is -0.487 e. The highest BCUT2D eigenvalue weighted by Crippen LogP contribution is 2.23. The molecule has 4 heteroatoms. The highest BCUT2D eigenvalue weighted by Gasteiger charge is 2.20. The Bertz CT molecular complexity index is 584. The van der Waals surface area contributed by atoms with E-state index in [2.05, 4.69) is 38.4 Å². The fourth-order valence-electron chi connectivity index (χ4n) is 2.01. The monoisotopic (exact) mass is 332 g/mol. The molecule has 0 aliphatic heterocycles. The number of nitrogens with zero attached hydrogens (tertiary/aromatic N) is 1. The first-order valence-corrected chi connectivity index (χ1v) is 7.64. The smallest absolute Gasteiger partial charge is 0.142 e. The van der Waals surface area contributed by atoms with Gasteiger partial charge < -0.3 is 10.1 Å². The van der Waals surface area contributed by atoms with Gasteiger partial charge in [-0.1, -0.05) is 28.1 Å². The standard InChI is InChI=1S/C16H17BrN2O/c17-14-3-1-2-12(8-14)11-20-16-10-18-7-6-13(16)9-19-15-4-5-15/h1-3,6-8,10,15,19H,4-5,9,11H2. The van der Waals surface area contributed by atoms with Crippen molar-refractivity contribution in [1.82, 2.24) is 10.3 Å². The van der Waals surface area contributed by atoms with Gasteiger partial charge in [0.15, 0.2) is 0 Å². The Labute approximate surface area is 127 Å². The number of hydrogen-bond acceptors (Lipinski definition) is 3. The molecule has 0 radical (unpaired) electrons. The number of hydrogen-bond donors (Lipinski definition) is 1. The molecule has 104 valence electrons. The van der Waals surface area contributed by atoms with Crippen LogP contribution < -0.4 is 10.1 Å². The Morgan fingerprint density at radius 1 is 1.30 bits per heavy atom. The lowest BCUT2D eigenvalue weighted by Gasteiger charge is -2.11. The molecule has 1 aromatic carbocycles. The third-order valence-electron chi connectivity index (χ3n) is 3.31. The van der Waals surface area contributed by atoms with Gasteiger partial charge in [-0.05, 0) is 36.6 Å². The topological polar surface area (TPSA) is 34.1 Å². The first kappa shape index (κ1) is 13.6. The SMILES string of the molecule is Brc1cccc(COc2cnccc2CNC2CC2)c1.